The zero-order valence-corrected chi connectivity index (χ0v) is 17.1. The number of nitrogens with one attached hydrogen (secondary N) is 1. The maximum Gasteiger partial charge on any atom is 0.209 e. The van der Waals surface area contributed by atoms with Crippen LogP contribution in [0.25, 0.3) is 11.0 Å². The van der Waals surface area contributed by atoms with Crippen LogP contribution in [-0.2, 0) is 4.79 Å². The first-order valence-electron chi connectivity index (χ1n) is 9.26. The first kappa shape index (κ1) is 18.9. The predicted molar refractivity (Wildman–Crippen MR) is 111 cm³/mol. The summed E-state index contributed by atoms with van der Waals surface area (Å²) in [5, 5.41) is 3.28. The second-order valence-corrected chi connectivity index (χ2v) is 6.84. The number of Topliss-reactive ketones (excluding diaryl/α,β-unsaturated/α-hetero) is 1. The van der Waals surface area contributed by atoms with Crippen molar-refractivity contribution in [1.29, 1.82) is 0 Å². The third kappa shape index (κ3) is 2.81. The molecule has 2 aromatic carbocycles. The van der Waals surface area contributed by atoms with Crippen molar-refractivity contribution in [2.75, 3.05) is 26.6 Å². The van der Waals surface area contributed by atoms with Crippen LogP contribution in [-0.4, -0.2) is 36.7 Å². The lowest BCUT2D eigenvalue weighted by Gasteiger charge is -2.31. The van der Waals surface area contributed by atoms with E-state index in [-0.39, 0.29) is 5.78 Å². The minimum absolute atomic E-state index is 0.0275. The van der Waals surface area contributed by atoms with Crippen LogP contribution in [0, 0.1) is 0 Å². The Hall–Kier alpha value is -3.48. The number of para-hydroxylation sites is 2. The van der Waals surface area contributed by atoms with Crippen molar-refractivity contribution >= 4 is 22.8 Å². The maximum absolute atomic E-state index is 12.7. The number of ether oxygens (including phenoxy) is 3. The number of anilines is 1. The highest BCUT2D eigenvalue weighted by molar-refractivity contribution is 5.98. The largest absolute Gasteiger partial charge is 0.493 e. The third-order valence-corrected chi connectivity index (χ3v) is 5.24. The topological polar surface area (TPSA) is 74.6 Å². The SMILES string of the molecule is COc1ccc([C@@H]2C(C(C)=O)=C(C)Nc3nc4ccccc4n32)c(OC)c1OC. The highest BCUT2D eigenvalue weighted by Gasteiger charge is 2.35. The van der Waals surface area contributed by atoms with E-state index in [1.54, 1.807) is 28.3 Å². The number of methoxy groups -OCH3 is 3. The van der Waals surface area contributed by atoms with Crippen LogP contribution in [0.3, 0.4) is 0 Å². The van der Waals surface area contributed by atoms with Gasteiger partial charge in [0.1, 0.15) is 0 Å². The standard InChI is InChI=1S/C22H23N3O4/c1-12-18(13(2)26)19(14-10-11-17(27-3)21(29-5)20(14)28-4)25-16-9-7-6-8-15(16)24-22(25)23-12/h6-11,19H,1-5H3,(H,23,24)/t19-/m1/s1. The van der Waals surface area contributed by atoms with Crippen LogP contribution < -0.4 is 19.5 Å². The van der Waals surface area contributed by atoms with Gasteiger partial charge in [-0.1, -0.05) is 12.1 Å². The van der Waals surface area contributed by atoms with Crippen LogP contribution in [0.1, 0.15) is 25.5 Å². The van der Waals surface area contributed by atoms with Crippen LogP contribution in [0.5, 0.6) is 17.2 Å². The number of ketones is 1. The van der Waals surface area contributed by atoms with Gasteiger partial charge in [0.2, 0.25) is 11.7 Å². The predicted octanol–water partition coefficient (Wildman–Crippen LogP) is 3.94. The van der Waals surface area contributed by atoms with Crippen molar-refractivity contribution in [2.45, 2.75) is 19.9 Å². The number of hydrogen-bond acceptors (Lipinski definition) is 6. The first-order chi connectivity index (χ1) is 14.0. The molecule has 0 saturated heterocycles. The molecule has 29 heavy (non-hydrogen) atoms. The molecule has 1 N–H and O–H groups in total. The molecule has 7 heteroatoms. The summed E-state index contributed by atoms with van der Waals surface area (Å²) < 4.78 is 18.8. The molecule has 0 spiro atoms. The van der Waals surface area contributed by atoms with Gasteiger partial charge in [-0.2, -0.15) is 0 Å². The minimum atomic E-state index is -0.425. The molecule has 1 aliphatic rings. The summed E-state index contributed by atoms with van der Waals surface area (Å²) >= 11 is 0. The fourth-order valence-electron chi connectivity index (χ4n) is 4.05. The molecule has 7 nitrogen and oxygen atoms in total. The van der Waals surface area contributed by atoms with Gasteiger partial charge in [0.15, 0.2) is 17.3 Å². The van der Waals surface area contributed by atoms with Gasteiger partial charge in [-0.05, 0) is 38.1 Å². The molecule has 1 aliphatic heterocycles. The van der Waals surface area contributed by atoms with Gasteiger partial charge in [0, 0.05) is 16.8 Å². The van der Waals surface area contributed by atoms with Crippen LogP contribution in [0.15, 0.2) is 47.7 Å². The Bertz CT molecular complexity index is 1150. The number of benzene rings is 2. The summed E-state index contributed by atoms with van der Waals surface area (Å²) in [6.45, 7) is 3.46. The van der Waals surface area contributed by atoms with Gasteiger partial charge in [-0.15, -0.1) is 0 Å². The molecule has 0 amide bonds. The number of carbonyl (C=O) groups is 1. The number of allylic oxidation sites excluding steroid dienone is 2. The van der Waals surface area contributed by atoms with E-state index in [0.29, 0.717) is 28.8 Å². The van der Waals surface area contributed by atoms with Crippen molar-refractivity contribution in [3.05, 3.63) is 53.2 Å². The van der Waals surface area contributed by atoms with Gasteiger partial charge in [0.05, 0.1) is 38.4 Å². The lowest BCUT2D eigenvalue weighted by molar-refractivity contribution is -0.114. The van der Waals surface area contributed by atoms with Gasteiger partial charge < -0.3 is 19.5 Å². The van der Waals surface area contributed by atoms with Gasteiger partial charge >= 0.3 is 0 Å². The highest BCUT2D eigenvalue weighted by atomic mass is 16.5. The fourth-order valence-corrected chi connectivity index (χ4v) is 4.05. The minimum Gasteiger partial charge on any atom is -0.493 e. The van der Waals surface area contributed by atoms with E-state index >= 15 is 0 Å². The summed E-state index contributed by atoms with van der Waals surface area (Å²) in [6.07, 6.45) is 0. The van der Waals surface area contributed by atoms with E-state index in [9.17, 15) is 4.79 Å². The van der Waals surface area contributed by atoms with Crippen LogP contribution in [0.2, 0.25) is 0 Å². The number of carbonyl (C=O) groups excluding carboxylic acids is 1. The molecular formula is C22H23N3O4. The molecular weight excluding hydrogens is 370 g/mol. The van der Waals surface area contributed by atoms with E-state index < -0.39 is 6.04 Å². The van der Waals surface area contributed by atoms with Crippen LogP contribution >= 0.6 is 0 Å². The number of imidazole rings is 1. The Kier molecular flexibility index (Phi) is 4.66. The van der Waals surface area contributed by atoms with Crippen molar-refractivity contribution in [1.82, 2.24) is 9.55 Å². The molecule has 0 saturated carbocycles. The zero-order chi connectivity index (χ0) is 20.7. The molecule has 1 aromatic heterocycles. The summed E-state index contributed by atoms with van der Waals surface area (Å²) in [4.78, 5) is 17.4. The molecule has 2 heterocycles. The molecule has 3 aromatic rings. The maximum atomic E-state index is 12.7. The molecule has 4 rings (SSSR count). The molecule has 0 fully saturated rings. The van der Waals surface area contributed by atoms with Gasteiger partial charge in [-0.25, -0.2) is 4.98 Å². The van der Waals surface area contributed by atoms with E-state index in [1.807, 2.05) is 47.9 Å². The normalized spacial score (nSPS) is 15.7. The van der Waals surface area contributed by atoms with Crippen LogP contribution in [0.4, 0.5) is 5.95 Å². The molecule has 1 atom stereocenters. The number of hydrogen-bond donors (Lipinski definition) is 1. The molecule has 0 bridgehead atoms. The highest BCUT2D eigenvalue weighted by Crippen LogP contribution is 2.48. The van der Waals surface area contributed by atoms with E-state index in [4.69, 9.17) is 19.2 Å². The number of fused-ring (bicyclic) bond motifs is 3. The third-order valence-electron chi connectivity index (χ3n) is 5.24. The van der Waals surface area contributed by atoms with Crippen molar-refractivity contribution in [2.24, 2.45) is 0 Å². The van der Waals surface area contributed by atoms with Gasteiger partial charge in [-0.3, -0.25) is 9.36 Å². The zero-order valence-electron chi connectivity index (χ0n) is 17.1. The van der Waals surface area contributed by atoms with Crippen molar-refractivity contribution in [3.63, 3.8) is 0 Å². The van der Waals surface area contributed by atoms with E-state index in [1.165, 1.54) is 0 Å². The van der Waals surface area contributed by atoms with E-state index in [0.717, 1.165) is 22.3 Å². The second kappa shape index (κ2) is 7.16. The van der Waals surface area contributed by atoms with E-state index in [2.05, 4.69) is 5.32 Å². The number of rotatable bonds is 5. The van der Waals surface area contributed by atoms with Crippen molar-refractivity contribution in [3.8, 4) is 17.2 Å². The van der Waals surface area contributed by atoms with Crippen molar-refractivity contribution < 1.29 is 19.0 Å². The summed E-state index contributed by atoms with van der Waals surface area (Å²) in [5.74, 6) is 2.21. The van der Waals surface area contributed by atoms with Gasteiger partial charge in [0.25, 0.3) is 0 Å². The Morgan fingerprint density at radius 3 is 2.41 bits per heavy atom. The smallest absolute Gasteiger partial charge is 0.209 e. The Labute approximate surface area is 168 Å². The first-order valence-corrected chi connectivity index (χ1v) is 9.26. The number of aromatic nitrogens is 2. The Balaban J connectivity index is 2.07. The lowest BCUT2D eigenvalue weighted by Crippen LogP contribution is -2.27. The molecule has 0 unspecified atom stereocenters. The molecule has 0 aliphatic carbocycles. The second-order valence-electron chi connectivity index (χ2n) is 6.84. The Morgan fingerprint density at radius 2 is 1.76 bits per heavy atom. The monoisotopic (exact) mass is 393 g/mol. The molecule has 150 valence electrons. The quantitative estimate of drug-likeness (QED) is 0.708. The summed E-state index contributed by atoms with van der Waals surface area (Å²) in [5.41, 5.74) is 3.97. The summed E-state index contributed by atoms with van der Waals surface area (Å²) in [6, 6.07) is 11.2. The number of nitrogens with zero attached hydrogens (tertiary/aromatic N) is 2. The average molecular weight is 393 g/mol. The lowest BCUT2D eigenvalue weighted by atomic mass is 9.91. The molecule has 0 radical (unpaired) electrons. The average Bonchev–Trinajstić information content (AvgIpc) is 3.08. The summed E-state index contributed by atoms with van der Waals surface area (Å²) in [7, 11) is 4.73. The Morgan fingerprint density at radius 1 is 1.03 bits per heavy atom. The fraction of sp³-hybridized carbons (Fsp3) is 0.273.